The molecular weight excluding hydrogens is 218 g/mol. The molecule has 0 aromatic rings. The lowest BCUT2D eigenvalue weighted by atomic mass is 10.1. The highest BCUT2D eigenvalue weighted by atomic mass is 16.5. The van der Waals surface area contributed by atoms with Gasteiger partial charge in [-0.05, 0) is 38.6 Å². The molecule has 0 radical (unpaired) electrons. The number of carbonyl (C=O) groups is 1. The second-order valence-corrected chi connectivity index (χ2v) is 4.53. The number of hydrogen-bond acceptors (Lipinski definition) is 4. The van der Waals surface area contributed by atoms with Gasteiger partial charge in [-0.2, -0.15) is 0 Å². The summed E-state index contributed by atoms with van der Waals surface area (Å²) in [6.45, 7) is 4.66. The summed E-state index contributed by atoms with van der Waals surface area (Å²) in [6.07, 6.45) is 6.98. The molecule has 17 heavy (non-hydrogen) atoms. The third kappa shape index (κ3) is 7.34. The Labute approximate surface area is 104 Å². The molecule has 0 aliphatic carbocycles. The normalized spacial score (nSPS) is 20.2. The van der Waals surface area contributed by atoms with Crippen LogP contribution >= 0.6 is 0 Å². The SMILES string of the molecule is CCCCOC(=O)CNCCC1CCCCO1. The van der Waals surface area contributed by atoms with Crippen molar-refractivity contribution in [1.82, 2.24) is 5.32 Å². The Balaban J connectivity index is 1.90. The standard InChI is InChI=1S/C13H25NO3/c1-2-3-9-17-13(15)11-14-8-7-12-6-4-5-10-16-12/h12,14H,2-11H2,1H3. The predicted octanol–water partition coefficient (Wildman–Crippen LogP) is 1.88. The zero-order valence-corrected chi connectivity index (χ0v) is 10.9. The van der Waals surface area contributed by atoms with E-state index in [-0.39, 0.29) is 5.97 Å². The summed E-state index contributed by atoms with van der Waals surface area (Å²) in [7, 11) is 0. The van der Waals surface area contributed by atoms with E-state index in [2.05, 4.69) is 12.2 Å². The van der Waals surface area contributed by atoms with Crippen LogP contribution in [-0.4, -0.2) is 38.4 Å². The molecule has 0 amide bonds. The average molecular weight is 243 g/mol. The van der Waals surface area contributed by atoms with Crippen LogP contribution in [0, 0.1) is 0 Å². The first-order valence-electron chi connectivity index (χ1n) is 6.81. The zero-order chi connectivity index (χ0) is 12.3. The van der Waals surface area contributed by atoms with Crippen LogP contribution in [0.4, 0.5) is 0 Å². The van der Waals surface area contributed by atoms with Crippen molar-refractivity contribution < 1.29 is 14.3 Å². The summed E-state index contributed by atoms with van der Waals surface area (Å²) in [6, 6.07) is 0. The van der Waals surface area contributed by atoms with Crippen LogP contribution in [-0.2, 0) is 14.3 Å². The van der Waals surface area contributed by atoms with Gasteiger partial charge < -0.3 is 14.8 Å². The Morgan fingerprint density at radius 3 is 3.06 bits per heavy atom. The van der Waals surface area contributed by atoms with Crippen LogP contribution in [0.1, 0.15) is 45.4 Å². The van der Waals surface area contributed by atoms with Gasteiger partial charge in [0.05, 0.1) is 19.3 Å². The van der Waals surface area contributed by atoms with Gasteiger partial charge >= 0.3 is 5.97 Å². The van der Waals surface area contributed by atoms with Crippen molar-refractivity contribution in [3.05, 3.63) is 0 Å². The summed E-state index contributed by atoms with van der Waals surface area (Å²) < 4.78 is 10.7. The van der Waals surface area contributed by atoms with Gasteiger partial charge in [0.25, 0.3) is 0 Å². The highest BCUT2D eigenvalue weighted by molar-refractivity contribution is 5.71. The number of esters is 1. The van der Waals surface area contributed by atoms with Crippen molar-refractivity contribution >= 4 is 5.97 Å². The van der Waals surface area contributed by atoms with Gasteiger partial charge in [0, 0.05) is 6.61 Å². The van der Waals surface area contributed by atoms with Crippen LogP contribution in [0.5, 0.6) is 0 Å². The van der Waals surface area contributed by atoms with E-state index in [4.69, 9.17) is 9.47 Å². The van der Waals surface area contributed by atoms with Crippen molar-refractivity contribution in [1.29, 1.82) is 0 Å². The first-order chi connectivity index (χ1) is 8.33. The highest BCUT2D eigenvalue weighted by Gasteiger charge is 2.13. The maximum atomic E-state index is 11.3. The Morgan fingerprint density at radius 2 is 2.35 bits per heavy atom. The molecule has 100 valence electrons. The number of nitrogens with one attached hydrogen (secondary N) is 1. The summed E-state index contributed by atoms with van der Waals surface area (Å²) >= 11 is 0. The number of hydrogen-bond donors (Lipinski definition) is 1. The van der Waals surface area contributed by atoms with Crippen LogP contribution in [0.15, 0.2) is 0 Å². The maximum Gasteiger partial charge on any atom is 0.319 e. The third-order valence-corrected chi connectivity index (χ3v) is 2.95. The molecule has 4 heteroatoms. The molecule has 0 saturated carbocycles. The van der Waals surface area contributed by atoms with Crippen LogP contribution in [0.2, 0.25) is 0 Å². The molecule has 1 aliphatic rings. The Morgan fingerprint density at radius 1 is 1.47 bits per heavy atom. The van der Waals surface area contributed by atoms with E-state index in [0.717, 1.165) is 38.8 Å². The number of carbonyl (C=O) groups excluding carboxylic acids is 1. The fourth-order valence-electron chi connectivity index (χ4n) is 1.87. The van der Waals surface area contributed by atoms with Crippen molar-refractivity contribution in [3.8, 4) is 0 Å². The molecule has 1 saturated heterocycles. The van der Waals surface area contributed by atoms with Crippen LogP contribution in [0.25, 0.3) is 0 Å². The molecule has 0 bridgehead atoms. The monoisotopic (exact) mass is 243 g/mol. The minimum atomic E-state index is -0.150. The molecule has 1 rings (SSSR count). The third-order valence-electron chi connectivity index (χ3n) is 2.95. The Bertz CT molecular complexity index is 203. The van der Waals surface area contributed by atoms with Gasteiger partial charge in [-0.25, -0.2) is 0 Å². The van der Waals surface area contributed by atoms with Crippen molar-refractivity contribution in [2.75, 3.05) is 26.3 Å². The molecule has 0 aromatic heterocycles. The first kappa shape index (κ1) is 14.5. The highest BCUT2D eigenvalue weighted by Crippen LogP contribution is 2.14. The predicted molar refractivity (Wildman–Crippen MR) is 66.9 cm³/mol. The Hall–Kier alpha value is -0.610. The number of ether oxygens (including phenoxy) is 2. The topological polar surface area (TPSA) is 47.6 Å². The van der Waals surface area contributed by atoms with Gasteiger partial charge in [0.1, 0.15) is 0 Å². The van der Waals surface area contributed by atoms with E-state index in [1.54, 1.807) is 0 Å². The largest absolute Gasteiger partial charge is 0.465 e. The lowest BCUT2D eigenvalue weighted by molar-refractivity contribution is -0.142. The van der Waals surface area contributed by atoms with Crippen LogP contribution in [0.3, 0.4) is 0 Å². The molecule has 1 atom stereocenters. The fourth-order valence-corrected chi connectivity index (χ4v) is 1.87. The lowest BCUT2D eigenvalue weighted by Crippen LogP contribution is -2.29. The first-order valence-corrected chi connectivity index (χ1v) is 6.81. The summed E-state index contributed by atoms with van der Waals surface area (Å²) in [4.78, 5) is 11.3. The van der Waals surface area contributed by atoms with Crippen LogP contribution < -0.4 is 5.32 Å². The van der Waals surface area contributed by atoms with E-state index >= 15 is 0 Å². The summed E-state index contributed by atoms with van der Waals surface area (Å²) in [5.74, 6) is -0.150. The molecular formula is C13H25NO3. The van der Waals surface area contributed by atoms with E-state index < -0.39 is 0 Å². The Kier molecular flexibility index (Phi) is 8.01. The summed E-state index contributed by atoms with van der Waals surface area (Å²) in [5, 5.41) is 3.10. The van der Waals surface area contributed by atoms with Gasteiger partial charge in [-0.3, -0.25) is 4.79 Å². The zero-order valence-electron chi connectivity index (χ0n) is 10.9. The molecule has 1 N–H and O–H groups in total. The minimum Gasteiger partial charge on any atom is -0.465 e. The van der Waals surface area contributed by atoms with E-state index in [1.807, 2.05) is 0 Å². The molecule has 1 aliphatic heterocycles. The van der Waals surface area contributed by atoms with Gasteiger partial charge in [-0.15, -0.1) is 0 Å². The van der Waals surface area contributed by atoms with Gasteiger partial charge in [0.2, 0.25) is 0 Å². The van der Waals surface area contributed by atoms with Crippen molar-refractivity contribution in [2.24, 2.45) is 0 Å². The van der Waals surface area contributed by atoms with E-state index in [0.29, 0.717) is 19.3 Å². The second kappa shape index (κ2) is 9.42. The van der Waals surface area contributed by atoms with E-state index in [1.165, 1.54) is 12.8 Å². The fraction of sp³-hybridized carbons (Fsp3) is 0.923. The number of rotatable bonds is 8. The summed E-state index contributed by atoms with van der Waals surface area (Å²) in [5.41, 5.74) is 0. The van der Waals surface area contributed by atoms with Gasteiger partial charge in [-0.1, -0.05) is 13.3 Å². The molecule has 0 aromatic carbocycles. The molecule has 1 heterocycles. The maximum absolute atomic E-state index is 11.3. The quantitative estimate of drug-likeness (QED) is 0.522. The second-order valence-electron chi connectivity index (χ2n) is 4.53. The lowest BCUT2D eigenvalue weighted by Gasteiger charge is -2.22. The molecule has 1 unspecified atom stereocenters. The number of unbranched alkanes of at least 4 members (excludes halogenated alkanes) is 1. The molecule has 0 spiro atoms. The smallest absolute Gasteiger partial charge is 0.319 e. The van der Waals surface area contributed by atoms with Crippen molar-refractivity contribution in [3.63, 3.8) is 0 Å². The molecule has 4 nitrogen and oxygen atoms in total. The molecule has 1 fully saturated rings. The average Bonchev–Trinajstić information content (AvgIpc) is 2.36. The van der Waals surface area contributed by atoms with E-state index in [9.17, 15) is 4.79 Å². The minimum absolute atomic E-state index is 0.150. The van der Waals surface area contributed by atoms with Gasteiger partial charge in [0.15, 0.2) is 0 Å². The van der Waals surface area contributed by atoms with Crippen molar-refractivity contribution in [2.45, 2.75) is 51.6 Å².